The van der Waals surface area contributed by atoms with E-state index in [4.69, 9.17) is 18.9 Å². The van der Waals surface area contributed by atoms with Crippen LogP contribution in [0.2, 0.25) is 0 Å². The van der Waals surface area contributed by atoms with Gasteiger partial charge in [-0.15, -0.1) is 0 Å². The van der Waals surface area contributed by atoms with Crippen LogP contribution in [0.4, 0.5) is 0 Å². The van der Waals surface area contributed by atoms with E-state index in [1.54, 1.807) is 50.2 Å². The summed E-state index contributed by atoms with van der Waals surface area (Å²) >= 11 is 0. The molecular formula is C28H28N2O6. The average molecular weight is 489 g/mol. The Labute approximate surface area is 211 Å². The number of carbonyl (C=O) groups excluding carboxylic acids is 2. The summed E-state index contributed by atoms with van der Waals surface area (Å²) < 4.78 is 21.5. The highest BCUT2D eigenvalue weighted by Crippen LogP contribution is 2.30. The van der Waals surface area contributed by atoms with Crippen molar-refractivity contribution in [3.8, 4) is 29.4 Å². The number of hydrogen-bond acceptors (Lipinski definition) is 8. The van der Waals surface area contributed by atoms with Crippen molar-refractivity contribution in [2.75, 3.05) is 19.8 Å². The maximum absolute atomic E-state index is 12.7. The Balaban J connectivity index is 2.23. The lowest BCUT2D eigenvalue weighted by Crippen LogP contribution is -2.11. The molecule has 0 aromatic heterocycles. The van der Waals surface area contributed by atoms with Crippen LogP contribution in [0, 0.1) is 22.7 Å². The predicted molar refractivity (Wildman–Crippen MR) is 134 cm³/mol. The van der Waals surface area contributed by atoms with Gasteiger partial charge in [0.25, 0.3) is 0 Å². The van der Waals surface area contributed by atoms with Crippen molar-refractivity contribution in [3.63, 3.8) is 0 Å². The van der Waals surface area contributed by atoms with Crippen LogP contribution < -0.4 is 14.2 Å². The van der Waals surface area contributed by atoms with Gasteiger partial charge in [-0.3, -0.25) is 0 Å². The molecule has 2 aromatic carbocycles. The van der Waals surface area contributed by atoms with Gasteiger partial charge >= 0.3 is 11.9 Å². The minimum atomic E-state index is -0.853. The van der Waals surface area contributed by atoms with E-state index >= 15 is 0 Å². The summed E-state index contributed by atoms with van der Waals surface area (Å²) in [4.78, 5) is 24.6. The van der Waals surface area contributed by atoms with Crippen LogP contribution in [0.15, 0.2) is 53.6 Å². The second-order valence-corrected chi connectivity index (χ2v) is 7.36. The standard InChI is InChI=1S/C28H28N2O6/c1-4-7-14-35-24-11-8-20(9-12-24)15-23(19-30)28(32)36-25-13-10-21(17-26(25)33-5-2)16-22(18-29)27(31)34-6-3/h8-13,15-17H,4-7,14H2,1-3H3. The van der Waals surface area contributed by atoms with Gasteiger partial charge in [0.2, 0.25) is 0 Å². The van der Waals surface area contributed by atoms with Crippen LogP contribution in [0.3, 0.4) is 0 Å². The Bertz CT molecular complexity index is 1200. The zero-order valence-electron chi connectivity index (χ0n) is 20.6. The summed E-state index contributed by atoms with van der Waals surface area (Å²) in [6.45, 7) is 6.52. The first-order valence-corrected chi connectivity index (χ1v) is 11.6. The zero-order valence-corrected chi connectivity index (χ0v) is 20.6. The number of benzene rings is 2. The molecular weight excluding hydrogens is 460 g/mol. The zero-order chi connectivity index (χ0) is 26.3. The van der Waals surface area contributed by atoms with E-state index in [2.05, 4.69) is 6.92 Å². The fourth-order valence-corrected chi connectivity index (χ4v) is 2.93. The molecule has 8 nitrogen and oxygen atoms in total. The van der Waals surface area contributed by atoms with Gasteiger partial charge in [-0.25, -0.2) is 9.59 Å². The molecule has 0 aliphatic rings. The van der Waals surface area contributed by atoms with Gasteiger partial charge in [0.1, 0.15) is 29.0 Å². The predicted octanol–water partition coefficient (Wildman–Crippen LogP) is 5.25. The van der Waals surface area contributed by atoms with E-state index in [0.717, 1.165) is 12.8 Å². The summed E-state index contributed by atoms with van der Waals surface area (Å²) in [6.07, 6.45) is 4.77. The van der Waals surface area contributed by atoms with Gasteiger partial charge in [-0.1, -0.05) is 31.5 Å². The molecule has 0 radical (unpaired) electrons. The lowest BCUT2D eigenvalue weighted by atomic mass is 10.1. The number of nitriles is 2. The van der Waals surface area contributed by atoms with Crippen LogP contribution in [-0.2, 0) is 14.3 Å². The lowest BCUT2D eigenvalue weighted by Gasteiger charge is -2.11. The fourth-order valence-electron chi connectivity index (χ4n) is 2.93. The molecule has 0 aliphatic carbocycles. The monoisotopic (exact) mass is 488 g/mol. The summed E-state index contributed by atoms with van der Waals surface area (Å²) in [5.41, 5.74) is 0.732. The van der Waals surface area contributed by atoms with E-state index in [1.807, 2.05) is 6.07 Å². The van der Waals surface area contributed by atoms with Gasteiger partial charge < -0.3 is 18.9 Å². The van der Waals surface area contributed by atoms with Crippen molar-refractivity contribution in [3.05, 3.63) is 64.7 Å². The molecule has 0 N–H and O–H groups in total. The number of rotatable bonds is 12. The molecule has 186 valence electrons. The van der Waals surface area contributed by atoms with Crippen molar-refractivity contribution in [1.82, 2.24) is 0 Å². The van der Waals surface area contributed by atoms with Crippen molar-refractivity contribution < 1.29 is 28.5 Å². The molecule has 0 atom stereocenters. The summed E-state index contributed by atoms with van der Waals surface area (Å²) in [5, 5.41) is 18.8. The highest BCUT2D eigenvalue weighted by Gasteiger charge is 2.17. The molecule has 0 bridgehead atoms. The van der Waals surface area contributed by atoms with Crippen LogP contribution in [0.1, 0.15) is 44.7 Å². The highest BCUT2D eigenvalue weighted by atomic mass is 16.6. The SMILES string of the molecule is CCCCOc1ccc(C=C(C#N)C(=O)Oc2ccc(C=C(C#N)C(=O)OCC)cc2OCC)cc1. The molecule has 0 saturated heterocycles. The van der Waals surface area contributed by atoms with Crippen LogP contribution >= 0.6 is 0 Å². The Morgan fingerprint density at radius 3 is 2.06 bits per heavy atom. The van der Waals surface area contributed by atoms with E-state index in [0.29, 0.717) is 23.5 Å². The average Bonchev–Trinajstić information content (AvgIpc) is 2.88. The third-order valence-electron chi connectivity index (χ3n) is 4.70. The van der Waals surface area contributed by atoms with Gasteiger partial charge in [0, 0.05) is 0 Å². The molecule has 0 saturated carbocycles. The number of esters is 2. The van der Waals surface area contributed by atoms with E-state index in [-0.39, 0.29) is 35.9 Å². The maximum atomic E-state index is 12.7. The van der Waals surface area contributed by atoms with E-state index in [9.17, 15) is 20.1 Å². The van der Waals surface area contributed by atoms with Crippen molar-refractivity contribution in [2.45, 2.75) is 33.6 Å². The van der Waals surface area contributed by atoms with Crippen LogP contribution in [-0.4, -0.2) is 31.8 Å². The Morgan fingerprint density at radius 2 is 1.44 bits per heavy atom. The topological polar surface area (TPSA) is 119 Å². The van der Waals surface area contributed by atoms with Crippen molar-refractivity contribution in [1.29, 1.82) is 10.5 Å². The molecule has 0 amide bonds. The minimum absolute atomic E-state index is 0.0921. The summed E-state index contributed by atoms with van der Waals surface area (Å²) in [5.74, 6) is -0.576. The Kier molecular flexibility index (Phi) is 11.3. The summed E-state index contributed by atoms with van der Waals surface area (Å²) in [7, 11) is 0. The number of ether oxygens (including phenoxy) is 4. The molecule has 2 aromatic rings. The molecule has 0 spiro atoms. The van der Waals surface area contributed by atoms with Crippen molar-refractivity contribution >= 4 is 24.1 Å². The summed E-state index contributed by atoms with van der Waals surface area (Å²) in [6, 6.07) is 15.2. The molecule has 0 heterocycles. The number of carbonyl (C=O) groups is 2. The molecule has 0 unspecified atom stereocenters. The smallest absolute Gasteiger partial charge is 0.354 e. The number of unbranched alkanes of at least 4 members (excludes halogenated alkanes) is 1. The fraction of sp³-hybridized carbons (Fsp3) is 0.286. The van der Waals surface area contributed by atoms with Crippen LogP contribution in [0.25, 0.3) is 12.2 Å². The van der Waals surface area contributed by atoms with Gasteiger partial charge in [0.05, 0.1) is 19.8 Å². The van der Waals surface area contributed by atoms with Gasteiger partial charge in [-0.2, -0.15) is 10.5 Å². The van der Waals surface area contributed by atoms with Gasteiger partial charge in [-0.05, 0) is 67.8 Å². The number of nitrogens with zero attached hydrogens (tertiary/aromatic N) is 2. The second-order valence-electron chi connectivity index (χ2n) is 7.36. The lowest BCUT2D eigenvalue weighted by molar-refractivity contribution is -0.138. The van der Waals surface area contributed by atoms with Gasteiger partial charge in [0.15, 0.2) is 11.5 Å². The molecule has 0 fully saturated rings. The second kappa shape index (κ2) is 14.6. The highest BCUT2D eigenvalue weighted by molar-refractivity contribution is 5.99. The molecule has 0 aliphatic heterocycles. The normalized spacial score (nSPS) is 11.1. The third kappa shape index (κ3) is 8.34. The first-order valence-electron chi connectivity index (χ1n) is 11.6. The molecule has 8 heteroatoms. The van der Waals surface area contributed by atoms with Crippen LogP contribution in [0.5, 0.6) is 17.2 Å². The molecule has 2 rings (SSSR count). The molecule has 36 heavy (non-hydrogen) atoms. The first-order chi connectivity index (χ1) is 17.4. The quantitative estimate of drug-likeness (QED) is 0.131. The third-order valence-corrected chi connectivity index (χ3v) is 4.70. The van der Waals surface area contributed by atoms with E-state index in [1.165, 1.54) is 24.3 Å². The van der Waals surface area contributed by atoms with E-state index < -0.39 is 11.9 Å². The Morgan fingerprint density at radius 1 is 0.806 bits per heavy atom. The number of hydrogen-bond donors (Lipinski definition) is 0. The van der Waals surface area contributed by atoms with Crippen molar-refractivity contribution in [2.24, 2.45) is 0 Å². The first kappa shape index (κ1) is 27.7. The minimum Gasteiger partial charge on any atom is -0.494 e. The maximum Gasteiger partial charge on any atom is 0.354 e. The largest absolute Gasteiger partial charge is 0.494 e. The Hall–Kier alpha value is -4.56.